The van der Waals surface area contributed by atoms with Gasteiger partial charge in [-0.25, -0.2) is 9.36 Å². The van der Waals surface area contributed by atoms with Crippen LogP contribution in [0, 0.1) is 13.8 Å². The predicted molar refractivity (Wildman–Crippen MR) is 246 cm³/mol. The number of aliphatic hydroxyl groups excluding tert-OH is 8. The van der Waals surface area contributed by atoms with E-state index in [1.807, 2.05) is 0 Å². The number of allylic oxidation sites excluding steroid dienone is 2. The molecule has 0 unspecified atom stereocenters. The summed E-state index contributed by atoms with van der Waals surface area (Å²) in [6.07, 6.45) is -11.5. The van der Waals surface area contributed by atoms with Crippen molar-refractivity contribution in [1.82, 2.24) is 30.0 Å². The average Bonchev–Trinajstić information content (AvgIpc) is 4.20. The third-order valence-corrected chi connectivity index (χ3v) is 15.1. The van der Waals surface area contributed by atoms with Gasteiger partial charge in [0.05, 0.1) is 51.9 Å². The first-order valence-electron chi connectivity index (χ1n) is 22.5. The molecule has 3 aliphatic rings. The Morgan fingerprint density at radius 1 is 0.562 bits per heavy atom. The van der Waals surface area contributed by atoms with Crippen molar-refractivity contribution >= 4 is 33.8 Å². The van der Waals surface area contributed by atoms with E-state index in [0.717, 1.165) is 22.7 Å². The molecule has 0 saturated carbocycles. The first-order valence-corrected chi connectivity index (χ1v) is 24.2. The lowest BCUT2D eigenvalue weighted by atomic mass is 9.94. The van der Waals surface area contributed by atoms with Crippen LogP contribution in [-0.2, 0) is 45.3 Å². The maximum Gasteiger partial charge on any atom is 0.380 e. The van der Waals surface area contributed by atoms with E-state index < -0.39 is 115 Å². The molecular formula is C47H48F6N6O12S2. The molecule has 1 aliphatic carbocycles. The minimum Gasteiger partial charge on any atom is -0.394 e. The van der Waals surface area contributed by atoms with E-state index in [1.54, 1.807) is 60.9 Å². The Balaban J connectivity index is 0.889. The average molecular weight is 1070 g/mol. The minimum absolute atomic E-state index is 0.116. The lowest BCUT2D eigenvalue weighted by Gasteiger charge is -2.39. The zero-order chi connectivity index (χ0) is 52.3. The Morgan fingerprint density at radius 3 is 1.29 bits per heavy atom. The zero-order valence-corrected chi connectivity index (χ0v) is 40.1. The molecule has 73 heavy (non-hydrogen) atoms. The molecular weight excluding hydrogens is 1020 g/mol. The number of aryl methyl sites for hydroxylation is 2. The van der Waals surface area contributed by atoms with E-state index in [1.165, 1.54) is 35.3 Å². The van der Waals surface area contributed by atoms with Crippen LogP contribution in [0.3, 0.4) is 0 Å². The Labute approximate surface area is 418 Å². The first kappa shape index (κ1) is 52.8. The highest BCUT2D eigenvalue weighted by atomic mass is 32.1. The van der Waals surface area contributed by atoms with Crippen LogP contribution in [0.5, 0.6) is 0 Å². The SMILES string of the molecule is Cc1sc(-c2ccc(Cn3cc(CO[C@@H]4O[C@H](CO)[C@@H](O)[C@H](O)[C@H]4O)nn3)cc2)cc1C1=C(c2cc(-c3ccc(Cn4cc(CO[C@@H]5O[C@H](CO)[C@@H](O)[C@H](O)[C@H]5O)nn4)cc3)sc2C)C(F)(F)C(F)(F)C1(F)F. The molecule has 0 amide bonds. The van der Waals surface area contributed by atoms with Gasteiger partial charge in [0.25, 0.3) is 0 Å². The van der Waals surface area contributed by atoms with Gasteiger partial charge < -0.3 is 59.8 Å². The van der Waals surface area contributed by atoms with Crippen molar-refractivity contribution in [3.8, 4) is 20.9 Å². The van der Waals surface area contributed by atoms with Gasteiger partial charge in [-0.1, -0.05) is 59.0 Å². The molecule has 0 spiro atoms. The van der Waals surface area contributed by atoms with Crippen LogP contribution >= 0.6 is 22.7 Å². The van der Waals surface area contributed by atoms with Crippen molar-refractivity contribution in [3.63, 3.8) is 0 Å². The molecule has 2 fully saturated rings. The van der Waals surface area contributed by atoms with Gasteiger partial charge in [0, 0.05) is 30.7 Å². The second-order valence-corrected chi connectivity index (χ2v) is 20.4. The molecule has 0 bridgehead atoms. The van der Waals surface area contributed by atoms with Crippen molar-refractivity contribution < 1.29 is 86.1 Å². The number of ether oxygens (including phenoxy) is 4. The zero-order valence-electron chi connectivity index (χ0n) is 38.4. The number of nitrogens with zero attached hydrogens (tertiary/aromatic N) is 6. The van der Waals surface area contributed by atoms with Gasteiger partial charge in [0.1, 0.15) is 60.2 Å². The minimum atomic E-state index is -5.77. The third kappa shape index (κ3) is 9.90. The van der Waals surface area contributed by atoms with E-state index in [4.69, 9.17) is 18.9 Å². The summed E-state index contributed by atoms with van der Waals surface area (Å²) in [4.78, 5) is 0.954. The van der Waals surface area contributed by atoms with Crippen molar-refractivity contribution in [3.05, 3.63) is 116 Å². The first-order chi connectivity index (χ1) is 34.6. The van der Waals surface area contributed by atoms with E-state index in [2.05, 4.69) is 20.6 Å². The summed E-state index contributed by atoms with van der Waals surface area (Å²) >= 11 is 1.96. The fourth-order valence-electron chi connectivity index (χ4n) is 8.81. The topological polar surface area (TPSA) is 260 Å². The van der Waals surface area contributed by atoms with Crippen molar-refractivity contribution in [1.29, 1.82) is 0 Å². The number of thiophene rings is 2. The second-order valence-electron chi connectivity index (χ2n) is 17.9. The molecule has 2 aliphatic heterocycles. The number of halogens is 6. The monoisotopic (exact) mass is 1070 g/mol. The summed E-state index contributed by atoms with van der Waals surface area (Å²) in [6.45, 7) is 1.52. The van der Waals surface area contributed by atoms with Crippen LogP contribution in [0.15, 0.2) is 73.1 Å². The van der Waals surface area contributed by atoms with E-state index in [-0.39, 0.29) is 36.1 Å². The molecule has 2 saturated heterocycles. The van der Waals surface area contributed by atoms with Crippen LogP contribution in [-0.4, -0.2) is 163 Å². The van der Waals surface area contributed by atoms with E-state index >= 15 is 26.3 Å². The quantitative estimate of drug-likeness (QED) is 0.0646. The number of rotatable bonds is 16. The van der Waals surface area contributed by atoms with Crippen LogP contribution in [0.25, 0.3) is 32.0 Å². The molecule has 9 rings (SSSR count). The number of hydrogen-bond donors (Lipinski definition) is 8. The summed E-state index contributed by atoms with van der Waals surface area (Å²) in [6, 6.07) is 15.9. The Bertz CT molecular complexity index is 2740. The summed E-state index contributed by atoms with van der Waals surface area (Å²) in [7, 11) is 0. The van der Waals surface area contributed by atoms with Crippen LogP contribution in [0.2, 0.25) is 0 Å². The maximum absolute atomic E-state index is 16.1. The van der Waals surface area contributed by atoms with Crippen LogP contribution < -0.4 is 0 Å². The van der Waals surface area contributed by atoms with Gasteiger partial charge in [-0.2, -0.15) is 26.3 Å². The number of aromatic nitrogens is 6. The maximum atomic E-state index is 16.1. The molecule has 18 nitrogen and oxygen atoms in total. The van der Waals surface area contributed by atoms with Gasteiger partial charge in [0.2, 0.25) is 0 Å². The summed E-state index contributed by atoms with van der Waals surface area (Å²) in [5.74, 6) is -16.3. The third-order valence-electron chi connectivity index (χ3n) is 12.9. The highest BCUT2D eigenvalue weighted by Crippen LogP contribution is 2.66. The number of hydrogen-bond acceptors (Lipinski definition) is 18. The molecule has 392 valence electrons. The van der Waals surface area contributed by atoms with Crippen molar-refractivity contribution in [2.75, 3.05) is 13.2 Å². The van der Waals surface area contributed by atoms with Gasteiger partial charge in [-0.3, -0.25) is 0 Å². The van der Waals surface area contributed by atoms with Crippen molar-refractivity contribution in [2.45, 2.75) is 119 Å². The molecule has 8 N–H and O–H groups in total. The van der Waals surface area contributed by atoms with Gasteiger partial charge >= 0.3 is 17.8 Å². The lowest BCUT2D eigenvalue weighted by molar-refractivity contribution is -0.304. The number of benzene rings is 2. The Morgan fingerprint density at radius 2 is 0.932 bits per heavy atom. The van der Waals surface area contributed by atoms with E-state index in [0.29, 0.717) is 43.4 Å². The highest BCUT2D eigenvalue weighted by molar-refractivity contribution is 7.16. The second kappa shape index (κ2) is 20.6. The standard InChI is InChI=1S/C47H48F6N6O12S2/c1-21-29(11-33(72-21)25-7-3-23(4-8-25)13-58-15-27(54-56-58)19-68-43-41(66)39(64)37(62)31(17-60)70-43)35-36(46(50,51)47(52,53)45(35,48)49)30-12-34(73-22(30)2)26-9-5-24(6-10-26)14-59-16-28(55-57-59)20-69-44-42(67)40(65)38(63)32(18-61)71-44/h3-12,15-16,31-32,37-44,60-67H,13-14,17-20H2,1-2H3/t31-,32-,37-,38-,39+,40+,41-,42-,43-,44-/m1/s1. The molecule has 6 heterocycles. The Hall–Kier alpha value is -5.04. The molecule has 4 aromatic heterocycles. The predicted octanol–water partition coefficient (Wildman–Crippen LogP) is 3.50. The lowest BCUT2D eigenvalue weighted by Crippen LogP contribution is -2.59. The van der Waals surface area contributed by atoms with Crippen molar-refractivity contribution in [2.24, 2.45) is 0 Å². The van der Waals surface area contributed by atoms with Crippen LogP contribution in [0.4, 0.5) is 26.3 Å². The molecule has 0 radical (unpaired) electrons. The fraction of sp³-hybridized carbons (Fsp3) is 0.447. The molecule has 6 aromatic rings. The Kier molecular flexibility index (Phi) is 14.9. The fourth-order valence-corrected chi connectivity index (χ4v) is 10.9. The van der Waals surface area contributed by atoms with Gasteiger partial charge in [0.15, 0.2) is 12.6 Å². The number of aliphatic hydroxyl groups is 8. The van der Waals surface area contributed by atoms with Crippen LogP contribution in [0.1, 0.15) is 43.4 Å². The summed E-state index contributed by atoms with van der Waals surface area (Å²) < 4.78 is 120. The smallest absolute Gasteiger partial charge is 0.380 e. The molecule has 10 atom stereocenters. The highest BCUT2D eigenvalue weighted by Gasteiger charge is 2.80. The summed E-state index contributed by atoms with van der Waals surface area (Å²) in [5, 5.41) is 95.5. The number of alkyl halides is 6. The largest absolute Gasteiger partial charge is 0.394 e. The summed E-state index contributed by atoms with van der Waals surface area (Å²) in [5.41, 5.74) is -0.735. The van der Waals surface area contributed by atoms with Gasteiger partial charge in [-0.05, 0) is 59.4 Å². The molecule has 2 aromatic carbocycles. The van der Waals surface area contributed by atoms with Gasteiger partial charge in [-0.15, -0.1) is 32.9 Å². The normalized spacial score (nSPS) is 27.8. The van der Waals surface area contributed by atoms with E-state index in [9.17, 15) is 40.9 Å². The molecule has 26 heteroatoms.